The van der Waals surface area contributed by atoms with Crippen LogP contribution in [0.3, 0.4) is 0 Å². The SMILES string of the molecule is CCn1cnc(S(=O)(=O)NC2CCCC2)c1. The van der Waals surface area contributed by atoms with Gasteiger partial charge in [-0.25, -0.2) is 18.1 Å². The first kappa shape index (κ1) is 11.6. The van der Waals surface area contributed by atoms with Gasteiger partial charge in [0.25, 0.3) is 10.0 Å². The first-order valence-corrected chi connectivity index (χ1v) is 7.14. The molecule has 0 saturated heterocycles. The standard InChI is InChI=1S/C10H17N3O2S/c1-2-13-7-10(11-8-13)16(14,15)12-9-5-3-4-6-9/h7-9,12H,2-6H2,1H3. The van der Waals surface area contributed by atoms with Crippen LogP contribution in [0.1, 0.15) is 32.6 Å². The monoisotopic (exact) mass is 243 g/mol. The van der Waals surface area contributed by atoms with Gasteiger partial charge >= 0.3 is 0 Å². The Bertz CT molecular complexity index is 446. The van der Waals surface area contributed by atoms with Crippen molar-refractivity contribution in [2.75, 3.05) is 0 Å². The average Bonchev–Trinajstić information content (AvgIpc) is 2.85. The van der Waals surface area contributed by atoms with E-state index in [1.165, 1.54) is 0 Å². The topological polar surface area (TPSA) is 64.0 Å². The molecule has 0 aliphatic heterocycles. The van der Waals surface area contributed by atoms with Crippen LogP contribution in [-0.4, -0.2) is 24.0 Å². The molecule has 5 nitrogen and oxygen atoms in total. The van der Waals surface area contributed by atoms with E-state index in [0.29, 0.717) is 0 Å². The molecule has 0 aromatic carbocycles. The highest BCUT2D eigenvalue weighted by molar-refractivity contribution is 7.89. The van der Waals surface area contributed by atoms with Crippen molar-refractivity contribution in [2.45, 2.75) is 50.2 Å². The van der Waals surface area contributed by atoms with Crippen LogP contribution in [-0.2, 0) is 16.6 Å². The summed E-state index contributed by atoms with van der Waals surface area (Å²) in [5.41, 5.74) is 0. The van der Waals surface area contributed by atoms with Crippen molar-refractivity contribution in [1.82, 2.24) is 14.3 Å². The summed E-state index contributed by atoms with van der Waals surface area (Å²) in [5.74, 6) is 0. The Morgan fingerprint density at radius 2 is 2.19 bits per heavy atom. The quantitative estimate of drug-likeness (QED) is 0.862. The fourth-order valence-electron chi connectivity index (χ4n) is 1.97. The number of aryl methyl sites for hydroxylation is 1. The molecule has 0 spiro atoms. The van der Waals surface area contributed by atoms with E-state index in [4.69, 9.17) is 0 Å². The number of hydrogen-bond acceptors (Lipinski definition) is 3. The minimum Gasteiger partial charge on any atom is -0.336 e. The third-order valence-electron chi connectivity index (χ3n) is 2.93. The molecule has 0 radical (unpaired) electrons. The molecule has 1 saturated carbocycles. The van der Waals surface area contributed by atoms with E-state index in [2.05, 4.69) is 9.71 Å². The van der Waals surface area contributed by atoms with Gasteiger partial charge < -0.3 is 4.57 Å². The van der Waals surface area contributed by atoms with Gasteiger partial charge in [0, 0.05) is 18.8 Å². The van der Waals surface area contributed by atoms with Gasteiger partial charge in [-0.2, -0.15) is 0 Å². The summed E-state index contributed by atoms with van der Waals surface area (Å²) < 4.78 is 28.3. The molecule has 1 N–H and O–H groups in total. The Morgan fingerprint density at radius 3 is 2.75 bits per heavy atom. The molecule has 1 heterocycles. The van der Waals surface area contributed by atoms with Crippen molar-refractivity contribution in [3.05, 3.63) is 12.5 Å². The number of nitrogens with one attached hydrogen (secondary N) is 1. The van der Waals surface area contributed by atoms with E-state index < -0.39 is 10.0 Å². The van der Waals surface area contributed by atoms with Gasteiger partial charge in [0.2, 0.25) is 0 Å². The van der Waals surface area contributed by atoms with E-state index in [-0.39, 0.29) is 11.1 Å². The number of aromatic nitrogens is 2. The number of nitrogens with zero attached hydrogens (tertiary/aromatic N) is 2. The molecule has 1 fully saturated rings. The van der Waals surface area contributed by atoms with Crippen LogP contribution < -0.4 is 4.72 Å². The fourth-order valence-corrected chi connectivity index (χ4v) is 3.23. The second kappa shape index (κ2) is 4.55. The van der Waals surface area contributed by atoms with Gasteiger partial charge in [-0.1, -0.05) is 12.8 Å². The molecule has 6 heteroatoms. The summed E-state index contributed by atoms with van der Waals surface area (Å²) in [7, 11) is -3.41. The van der Waals surface area contributed by atoms with Gasteiger partial charge in [-0.15, -0.1) is 0 Å². The maximum absolute atomic E-state index is 11.9. The summed E-state index contributed by atoms with van der Waals surface area (Å²) in [6.07, 6.45) is 7.20. The first-order valence-electron chi connectivity index (χ1n) is 5.66. The van der Waals surface area contributed by atoms with Crippen molar-refractivity contribution in [3.8, 4) is 0 Å². The van der Waals surface area contributed by atoms with Crippen LogP contribution in [0.2, 0.25) is 0 Å². The summed E-state index contributed by atoms with van der Waals surface area (Å²) in [5, 5.41) is 0.126. The Kier molecular flexibility index (Phi) is 3.30. The van der Waals surface area contributed by atoms with Gasteiger partial charge in [0.05, 0.1) is 6.33 Å². The Hall–Kier alpha value is -0.880. The molecule has 0 bridgehead atoms. The maximum Gasteiger partial charge on any atom is 0.259 e. The van der Waals surface area contributed by atoms with Crippen molar-refractivity contribution in [3.63, 3.8) is 0 Å². The highest BCUT2D eigenvalue weighted by Crippen LogP contribution is 2.19. The highest BCUT2D eigenvalue weighted by atomic mass is 32.2. The first-order chi connectivity index (χ1) is 7.62. The van der Waals surface area contributed by atoms with Gasteiger partial charge in [0.15, 0.2) is 5.03 Å². The predicted octanol–water partition coefficient (Wildman–Crippen LogP) is 1.12. The molecule has 16 heavy (non-hydrogen) atoms. The minimum atomic E-state index is -3.41. The van der Waals surface area contributed by atoms with Crippen LogP contribution in [0.4, 0.5) is 0 Å². The minimum absolute atomic E-state index is 0.0942. The zero-order chi connectivity index (χ0) is 11.6. The van der Waals surface area contributed by atoms with Gasteiger partial charge in [-0.05, 0) is 19.8 Å². The summed E-state index contributed by atoms with van der Waals surface area (Å²) >= 11 is 0. The largest absolute Gasteiger partial charge is 0.336 e. The van der Waals surface area contributed by atoms with Gasteiger partial charge in [-0.3, -0.25) is 0 Å². The number of rotatable bonds is 4. The van der Waals surface area contributed by atoms with Crippen molar-refractivity contribution in [2.24, 2.45) is 0 Å². The molecular formula is C10H17N3O2S. The van der Waals surface area contributed by atoms with Crippen molar-refractivity contribution < 1.29 is 8.42 Å². The number of sulfonamides is 1. The number of imidazole rings is 1. The van der Waals surface area contributed by atoms with Crippen LogP contribution in [0.15, 0.2) is 17.6 Å². The third kappa shape index (κ3) is 2.44. The van der Waals surface area contributed by atoms with E-state index in [1.54, 1.807) is 17.1 Å². The second-order valence-electron chi connectivity index (χ2n) is 4.15. The normalized spacial score (nSPS) is 18.1. The lowest BCUT2D eigenvalue weighted by Crippen LogP contribution is -2.32. The Morgan fingerprint density at radius 1 is 1.50 bits per heavy atom. The molecule has 1 aromatic heterocycles. The lowest BCUT2D eigenvalue weighted by Gasteiger charge is -2.10. The average molecular weight is 243 g/mol. The summed E-state index contributed by atoms with van der Waals surface area (Å²) in [6.45, 7) is 2.68. The molecule has 1 aliphatic rings. The van der Waals surface area contributed by atoms with Crippen molar-refractivity contribution >= 4 is 10.0 Å². The predicted molar refractivity (Wildman–Crippen MR) is 60.5 cm³/mol. The summed E-state index contributed by atoms with van der Waals surface area (Å²) in [6, 6.07) is 0.0942. The van der Waals surface area contributed by atoms with E-state index in [0.717, 1.165) is 32.2 Å². The lowest BCUT2D eigenvalue weighted by molar-refractivity contribution is 0.549. The molecule has 90 valence electrons. The molecule has 0 atom stereocenters. The van der Waals surface area contributed by atoms with Crippen LogP contribution >= 0.6 is 0 Å². The highest BCUT2D eigenvalue weighted by Gasteiger charge is 2.24. The summed E-state index contributed by atoms with van der Waals surface area (Å²) in [4.78, 5) is 3.91. The molecule has 1 aromatic rings. The van der Waals surface area contributed by atoms with E-state index in [1.807, 2.05) is 6.92 Å². The molecular weight excluding hydrogens is 226 g/mol. The Labute approximate surface area is 95.9 Å². The fraction of sp³-hybridized carbons (Fsp3) is 0.700. The second-order valence-corrected chi connectivity index (χ2v) is 5.81. The van der Waals surface area contributed by atoms with E-state index >= 15 is 0 Å². The molecule has 2 rings (SSSR count). The number of hydrogen-bond donors (Lipinski definition) is 1. The molecule has 1 aliphatic carbocycles. The van der Waals surface area contributed by atoms with Crippen LogP contribution in [0.25, 0.3) is 0 Å². The van der Waals surface area contributed by atoms with Crippen LogP contribution in [0.5, 0.6) is 0 Å². The zero-order valence-electron chi connectivity index (χ0n) is 9.39. The van der Waals surface area contributed by atoms with Gasteiger partial charge in [0.1, 0.15) is 0 Å². The zero-order valence-corrected chi connectivity index (χ0v) is 10.2. The Balaban J connectivity index is 2.11. The molecule has 0 amide bonds. The van der Waals surface area contributed by atoms with Crippen molar-refractivity contribution in [1.29, 1.82) is 0 Å². The smallest absolute Gasteiger partial charge is 0.259 e. The lowest BCUT2D eigenvalue weighted by atomic mass is 10.3. The molecule has 0 unspecified atom stereocenters. The van der Waals surface area contributed by atoms with E-state index in [9.17, 15) is 8.42 Å². The maximum atomic E-state index is 11.9. The third-order valence-corrected chi connectivity index (χ3v) is 4.33. The van der Waals surface area contributed by atoms with Crippen LogP contribution in [0, 0.1) is 0 Å².